The van der Waals surface area contributed by atoms with Crippen LogP contribution in [0.4, 0.5) is 0 Å². The summed E-state index contributed by atoms with van der Waals surface area (Å²) in [4.78, 5) is 11.5. The third-order valence-electron chi connectivity index (χ3n) is 2.34. The summed E-state index contributed by atoms with van der Waals surface area (Å²) in [5.74, 6) is 0.504. The van der Waals surface area contributed by atoms with Crippen molar-refractivity contribution >= 4 is 17.5 Å². The second kappa shape index (κ2) is 7.95. The fourth-order valence-corrected chi connectivity index (χ4v) is 1.54. The van der Waals surface area contributed by atoms with Crippen LogP contribution in [-0.4, -0.2) is 31.6 Å². The van der Waals surface area contributed by atoms with Crippen molar-refractivity contribution in [2.24, 2.45) is 0 Å². The van der Waals surface area contributed by atoms with Crippen molar-refractivity contribution in [3.05, 3.63) is 29.3 Å². The number of rotatable bonds is 7. The van der Waals surface area contributed by atoms with Gasteiger partial charge in [0.25, 0.3) is 5.91 Å². The minimum absolute atomic E-state index is 0.0144. The third kappa shape index (κ3) is 5.89. The van der Waals surface area contributed by atoms with Gasteiger partial charge in [0.05, 0.1) is 0 Å². The molecule has 100 valence electrons. The lowest BCUT2D eigenvalue weighted by molar-refractivity contribution is -0.123. The summed E-state index contributed by atoms with van der Waals surface area (Å²) in [5, 5.41) is 6.65. The summed E-state index contributed by atoms with van der Waals surface area (Å²) in [6, 6.07) is 7.17. The molecule has 1 rings (SSSR count). The molecule has 1 amide bonds. The first-order valence-corrected chi connectivity index (χ1v) is 6.38. The Morgan fingerprint density at radius 3 is 2.67 bits per heavy atom. The number of nitrogens with one attached hydrogen (secondary N) is 2. The Kier molecular flexibility index (Phi) is 6.54. The van der Waals surface area contributed by atoms with Crippen LogP contribution in [0.1, 0.15) is 13.8 Å². The zero-order valence-corrected chi connectivity index (χ0v) is 11.5. The number of ether oxygens (including phenoxy) is 1. The van der Waals surface area contributed by atoms with Crippen molar-refractivity contribution in [2.45, 2.75) is 19.9 Å². The molecule has 0 aromatic heterocycles. The molecule has 0 saturated carbocycles. The number of carbonyl (C=O) groups is 1. The molecule has 0 spiro atoms. The van der Waals surface area contributed by atoms with Crippen molar-refractivity contribution in [1.29, 1.82) is 0 Å². The lowest BCUT2D eigenvalue weighted by Gasteiger charge is -2.13. The first kappa shape index (κ1) is 14.8. The van der Waals surface area contributed by atoms with Gasteiger partial charge in [-0.15, -0.1) is 0 Å². The SMILES string of the molecule is CCN[C@H](C)CNC(=O)COc1ccc(Cl)cc1. The molecule has 0 radical (unpaired) electrons. The first-order chi connectivity index (χ1) is 8.61. The summed E-state index contributed by atoms with van der Waals surface area (Å²) >= 11 is 5.75. The van der Waals surface area contributed by atoms with Gasteiger partial charge in [0.1, 0.15) is 5.75 Å². The minimum atomic E-state index is -0.130. The van der Waals surface area contributed by atoms with Crippen LogP contribution in [0.25, 0.3) is 0 Å². The van der Waals surface area contributed by atoms with E-state index in [4.69, 9.17) is 16.3 Å². The highest BCUT2D eigenvalue weighted by atomic mass is 35.5. The predicted octanol–water partition coefficient (Wildman–Crippen LogP) is 1.83. The van der Waals surface area contributed by atoms with Crippen molar-refractivity contribution in [2.75, 3.05) is 19.7 Å². The molecule has 18 heavy (non-hydrogen) atoms. The standard InChI is InChI=1S/C13H19ClN2O2/c1-3-15-10(2)8-16-13(17)9-18-12-6-4-11(14)5-7-12/h4-7,10,15H,3,8-9H2,1-2H3,(H,16,17)/t10-/m1/s1. The summed E-state index contributed by atoms with van der Waals surface area (Å²) < 4.78 is 5.32. The van der Waals surface area contributed by atoms with Crippen LogP contribution in [0.15, 0.2) is 24.3 Å². The molecule has 0 aliphatic carbocycles. The van der Waals surface area contributed by atoms with Crippen LogP contribution in [0.3, 0.4) is 0 Å². The van der Waals surface area contributed by atoms with Gasteiger partial charge < -0.3 is 15.4 Å². The molecule has 1 aromatic carbocycles. The highest BCUT2D eigenvalue weighted by molar-refractivity contribution is 6.30. The average molecular weight is 271 g/mol. The van der Waals surface area contributed by atoms with Gasteiger partial charge in [-0.2, -0.15) is 0 Å². The van der Waals surface area contributed by atoms with Crippen LogP contribution >= 0.6 is 11.6 Å². The molecular weight excluding hydrogens is 252 g/mol. The molecule has 0 aliphatic rings. The maximum atomic E-state index is 11.5. The van der Waals surface area contributed by atoms with E-state index < -0.39 is 0 Å². The minimum Gasteiger partial charge on any atom is -0.484 e. The smallest absolute Gasteiger partial charge is 0.257 e. The maximum Gasteiger partial charge on any atom is 0.257 e. The van der Waals surface area contributed by atoms with Gasteiger partial charge in [0.15, 0.2) is 6.61 Å². The van der Waals surface area contributed by atoms with E-state index in [1.165, 1.54) is 0 Å². The van der Waals surface area contributed by atoms with Gasteiger partial charge in [-0.25, -0.2) is 0 Å². The Morgan fingerprint density at radius 1 is 1.39 bits per heavy atom. The van der Waals surface area contributed by atoms with Gasteiger partial charge in [0.2, 0.25) is 0 Å². The zero-order valence-electron chi connectivity index (χ0n) is 10.7. The number of hydrogen-bond donors (Lipinski definition) is 2. The van der Waals surface area contributed by atoms with Gasteiger partial charge in [0, 0.05) is 17.6 Å². The molecule has 0 bridgehead atoms. The topological polar surface area (TPSA) is 50.4 Å². The van der Waals surface area contributed by atoms with Crippen molar-refractivity contribution in [3.63, 3.8) is 0 Å². The van der Waals surface area contributed by atoms with Crippen LogP contribution in [-0.2, 0) is 4.79 Å². The third-order valence-corrected chi connectivity index (χ3v) is 2.59. The van der Waals surface area contributed by atoms with E-state index in [0.29, 0.717) is 17.3 Å². The number of likely N-dealkylation sites (N-methyl/N-ethyl adjacent to an activating group) is 1. The molecule has 0 unspecified atom stereocenters. The van der Waals surface area contributed by atoms with Crippen LogP contribution in [0, 0.1) is 0 Å². The molecule has 5 heteroatoms. The number of hydrogen-bond acceptors (Lipinski definition) is 3. The second-order valence-corrected chi connectivity index (χ2v) is 4.44. The molecule has 0 heterocycles. The fraction of sp³-hybridized carbons (Fsp3) is 0.462. The van der Waals surface area contributed by atoms with Gasteiger partial charge in [-0.3, -0.25) is 4.79 Å². The molecule has 0 fully saturated rings. The predicted molar refractivity (Wildman–Crippen MR) is 73.1 cm³/mol. The van der Waals surface area contributed by atoms with Gasteiger partial charge >= 0.3 is 0 Å². The molecular formula is C13H19ClN2O2. The van der Waals surface area contributed by atoms with Crippen molar-refractivity contribution in [1.82, 2.24) is 10.6 Å². The van der Waals surface area contributed by atoms with Crippen LogP contribution in [0.5, 0.6) is 5.75 Å². The Balaban J connectivity index is 2.22. The maximum absolute atomic E-state index is 11.5. The van der Waals surface area contributed by atoms with Crippen molar-refractivity contribution < 1.29 is 9.53 Å². The zero-order chi connectivity index (χ0) is 13.4. The van der Waals surface area contributed by atoms with Crippen LogP contribution < -0.4 is 15.4 Å². The molecule has 1 atom stereocenters. The van der Waals surface area contributed by atoms with Crippen LogP contribution in [0.2, 0.25) is 5.02 Å². The van der Waals surface area contributed by atoms with E-state index in [2.05, 4.69) is 10.6 Å². The van der Waals surface area contributed by atoms with E-state index in [-0.39, 0.29) is 18.6 Å². The second-order valence-electron chi connectivity index (χ2n) is 4.01. The van der Waals surface area contributed by atoms with Gasteiger partial charge in [-0.1, -0.05) is 18.5 Å². The highest BCUT2D eigenvalue weighted by Gasteiger charge is 2.05. The first-order valence-electron chi connectivity index (χ1n) is 6.00. The summed E-state index contributed by atoms with van der Waals surface area (Å²) in [6.45, 7) is 5.54. The monoisotopic (exact) mass is 270 g/mol. The molecule has 0 aliphatic heterocycles. The van der Waals surface area contributed by atoms with E-state index in [0.717, 1.165) is 6.54 Å². The molecule has 1 aromatic rings. The number of benzene rings is 1. The van der Waals surface area contributed by atoms with E-state index >= 15 is 0 Å². The highest BCUT2D eigenvalue weighted by Crippen LogP contribution is 2.15. The Bertz CT molecular complexity index is 368. The fourth-order valence-electron chi connectivity index (χ4n) is 1.42. The Hall–Kier alpha value is -1.26. The largest absolute Gasteiger partial charge is 0.484 e. The molecule has 0 saturated heterocycles. The lowest BCUT2D eigenvalue weighted by atomic mass is 10.3. The van der Waals surface area contributed by atoms with Gasteiger partial charge in [-0.05, 0) is 37.7 Å². The summed E-state index contributed by atoms with van der Waals surface area (Å²) in [5.41, 5.74) is 0. The van der Waals surface area contributed by atoms with Crippen molar-refractivity contribution in [3.8, 4) is 5.75 Å². The summed E-state index contributed by atoms with van der Waals surface area (Å²) in [6.07, 6.45) is 0. The Labute approximate surface area is 113 Å². The van der Waals surface area contributed by atoms with E-state index in [1.54, 1.807) is 24.3 Å². The average Bonchev–Trinajstić information content (AvgIpc) is 2.36. The molecule has 2 N–H and O–H groups in total. The number of carbonyl (C=O) groups excluding carboxylic acids is 1. The quantitative estimate of drug-likeness (QED) is 0.795. The molecule has 4 nitrogen and oxygen atoms in total. The van der Waals surface area contributed by atoms with E-state index in [1.807, 2.05) is 13.8 Å². The number of halogens is 1. The Morgan fingerprint density at radius 2 is 2.06 bits per heavy atom. The number of amides is 1. The normalized spacial score (nSPS) is 11.9. The van der Waals surface area contributed by atoms with E-state index in [9.17, 15) is 4.79 Å². The lowest BCUT2D eigenvalue weighted by Crippen LogP contribution is -2.40. The summed E-state index contributed by atoms with van der Waals surface area (Å²) in [7, 11) is 0.